The molecule has 8 nitrogen and oxygen atoms in total. The number of imide groups is 1. The van der Waals surface area contributed by atoms with Crippen LogP contribution in [-0.2, 0) is 14.4 Å². The molecule has 3 atom stereocenters. The molecule has 2 aromatic rings. The van der Waals surface area contributed by atoms with Gasteiger partial charge in [0.2, 0.25) is 29.4 Å². The number of piperidine rings is 1. The molecule has 174 valence electrons. The van der Waals surface area contributed by atoms with Gasteiger partial charge in [-0.2, -0.15) is 4.98 Å². The molecule has 2 aliphatic heterocycles. The highest BCUT2D eigenvalue weighted by Gasteiger charge is 2.48. The van der Waals surface area contributed by atoms with E-state index in [1.807, 2.05) is 12.1 Å². The van der Waals surface area contributed by atoms with Crippen molar-refractivity contribution in [2.24, 2.45) is 11.8 Å². The van der Waals surface area contributed by atoms with Crippen molar-refractivity contribution in [2.45, 2.75) is 50.9 Å². The number of carbonyl (C=O) groups is 3. The van der Waals surface area contributed by atoms with Crippen LogP contribution in [0.1, 0.15) is 56.8 Å². The highest BCUT2D eigenvalue weighted by atomic mass is 35.5. The fraction of sp³-hybridized carbons (Fsp3) is 0.542. The van der Waals surface area contributed by atoms with E-state index in [4.69, 9.17) is 16.1 Å². The summed E-state index contributed by atoms with van der Waals surface area (Å²) in [5, 5.41) is 4.73. The Morgan fingerprint density at radius 2 is 1.73 bits per heavy atom. The summed E-state index contributed by atoms with van der Waals surface area (Å²) < 4.78 is 5.51. The maximum atomic E-state index is 12.9. The van der Waals surface area contributed by atoms with Crippen LogP contribution in [0.2, 0.25) is 5.02 Å². The van der Waals surface area contributed by atoms with E-state index in [0.717, 1.165) is 44.1 Å². The van der Waals surface area contributed by atoms with Crippen LogP contribution in [0.3, 0.4) is 0 Å². The molecular formula is C24H27ClN4O4. The number of likely N-dealkylation sites (tertiary alicyclic amines) is 2. The molecule has 3 heterocycles. The Balaban J connectivity index is 1.19. The second-order valence-electron chi connectivity index (χ2n) is 9.22. The van der Waals surface area contributed by atoms with Gasteiger partial charge in [-0.05, 0) is 49.9 Å². The summed E-state index contributed by atoms with van der Waals surface area (Å²) in [5.74, 6) is 0.413. The van der Waals surface area contributed by atoms with Gasteiger partial charge in [-0.3, -0.25) is 19.3 Å². The summed E-state index contributed by atoms with van der Waals surface area (Å²) in [6.07, 6.45) is 5.42. The first kappa shape index (κ1) is 22.1. The van der Waals surface area contributed by atoms with Crippen molar-refractivity contribution in [1.82, 2.24) is 19.9 Å². The molecule has 0 bridgehead atoms. The van der Waals surface area contributed by atoms with E-state index in [2.05, 4.69) is 10.1 Å². The summed E-state index contributed by atoms with van der Waals surface area (Å²) >= 11 is 5.94. The Kier molecular flexibility index (Phi) is 6.19. The number of halogens is 1. The highest BCUT2D eigenvalue weighted by Crippen LogP contribution is 2.38. The predicted octanol–water partition coefficient (Wildman–Crippen LogP) is 3.66. The average Bonchev–Trinajstić information content (AvgIpc) is 3.43. The lowest BCUT2D eigenvalue weighted by molar-refractivity contribution is -0.141. The molecule has 1 aromatic heterocycles. The van der Waals surface area contributed by atoms with Crippen molar-refractivity contribution in [3.05, 3.63) is 35.2 Å². The van der Waals surface area contributed by atoms with E-state index in [1.165, 1.54) is 4.90 Å². The van der Waals surface area contributed by atoms with Gasteiger partial charge in [0.1, 0.15) is 0 Å². The standard InChI is InChI=1S/C24H27ClN4O4/c25-17-9-7-15(8-10-17)21-26-22(33-27-21)16-4-3-12-28(14-16)20(30)11-13-29-23(31)18-5-1-2-6-19(18)24(29)32/h7-10,16,18-19H,1-6,11-14H2/t16-,18-,19-/m1/s1. The van der Waals surface area contributed by atoms with Gasteiger partial charge in [-0.25, -0.2) is 0 Å². The third kappa shape index (κ3) is 4.40. The molecule has 9 heteroatoms. The zero-order chi connectivity index (χ0) is 22.9. The predicted molar refractivity (Wildman–Crippen MR) is 120 cm³/mol. The number of hydrogen-bond donors (Lipinski definition) is 0. The molecular weight excluding hydrogens is 444 g/mol. The molecule has 33 heavy (non-hydrogen) atoms. The van der Waals surface area contributed by atoms with Crippen LogP contribution in [0.4, 0.5) is 0 Å². The molecule has 0 radical (unpaired) electrons. The van der Waals surface area contributed by atoms with Gasteiger partial charge in [0.15, 0.2) is 0 Å². The summed E-state index contributed by atoms with van der Waals surface area (Å²) in [6, 6.07) is 7.23. The SMILES string of the molecule is O=C(CCN1C(=O)[C@@H]2CCCC[C@H]2C1=O)N1CCC[C@@H](c2nc(-c3ccc(Cl)cc3)no2)C1. The van der Waals surface area contributed by atoms with Crippen molar-refractivity contribution in [1.29, 1.82) is 0 Å². The lowest BCUT2D eigenvalue weighted by Gasteiger charge is -2.31. The molecule has 0 spiro atoms. The van der Waals surface area contributed by atoms with Gasteiger partial charge in [-0.1, -0.05) is 29.6 Å². The minimum Gasteiger partial charge on any atom is -0.342 e. The lowest BCUT2D eigenvalue weighted by Crippen LogP contribution is -2.41. The first-order valence-corrected chi connectivity index (χ1v) is 12.1. The minimum atomic E-state index is -0.173. The Morgan fingerprint density at radius 3 is 2.42 bits per heavy atom. The third-order valence-electron chi connectivity index (χ3n) is 7.15. The monoisotopic (exact) mass is 470 g/mol. The molecule has 1 aromatic carbocycles. The van der Waals surface area contributed by atoms with Crippen molar-refractivity contribution in [2.75, 3.05) is 19.6 Å². The van der Waals surface area contributed by atoms with Gasteiger partial charge < -0.3 is 9.42 Å². The maximum absolute atomic E-state index is 12.9. The van der Waals surface area contributed by atoms with Crippen molar-refractivity contribution >= 4 is 29.3 Å². The molecule has 1 aliphatic carbocycles. The number of fused-ring (bicyclic) bond motifs is 1. The van der Waals surface area contributed by atoms with Crippen LogP contribution in [0.25, 0.3) is 11.4 Å². The van der Waals surface area contributed by atoms with Gasteiger partial charge in [-0.15, -0.1) is 0 Å². The number of amides is 3. The number of rotatable bonds is 5. The first-order valence-electron chi connectivity index (χ1n) is 11.7. The summed E-state index contributed by atoms with van der Waals surface area (Å²) in [4.78, 5) is 45.9. The van der Waals surface area contributed by atoms with Crippen LogP contribution < -0.4 is 0 Å². The van der Waals surface area contributed by atoms with Gasteiger partial charge >= 0.3 is 0 Å². The zero-order valence-electron chi connectivity index (χ0n) is 18.4. The van der Waals surface area contributed by atoms with E-state index in [1.54, 1.807) is 17.0 Å². The quantitative estimate of drug-likeness (QED) is 0.618. The molecule has 2 saturated heterocycles. The van der Waals surface area contributed by atoms with Crippen LogP contribution in [-0.4, -0.2) is 57.3 Å². The topological polar surface area (TPSA) is 96.6 Å². The Hall–Kier alpha value is -2.74. The number of benzene rings is 1. The number of carbonyl (C=O) groups excluding carboxylic acids is 3. The molecule has 1 saturated carbocycles. The van der Waals surface area contributed by atoms with Crippen LogP contribution in [0.15, 0.2) is 28.8 Å². The van der Waals surface area contributed by atoms with Crippen LogP contribution in [0.5, 0.6) is 0 Å². The fourth-order valence-electron chi connectivity index (χ4n) is 5.34. The molecule has 3 fully saturated rings. The molecule has 3 amide bonds. The van der Waals surface area contributed by atoms with E-state index in [-0.39, 0.29) is 48.4 Å². The van der Waals surface area contributed by atoms with E-state index in [0.29, 0.717) is 29.8 Å². The second kappa shape index (κ2) is 9.25. The van der Waals surface area contributed by atoms with E-state index in [9.17, 15) is 14.4 Å². The van der Waals surface area contributed by atoms with Crippen molar-refractivity contribution < 1.29 is 18.9 Å². The smallest absolute Gasteiger partial charge is 0.233 e. The molecule has 0 unspecified atom stereocenters. The molecule has 0 N–H and O–H groups in total. The van der Waals surface area contributed by atoms with Crippen LogP contribution in [0, 0.1) is 11.8 Å². The Bertz CT molecular complexity index is 1030. The van der Waals surface area contributed by atoms with E-state index < -0.39 is 0 Å². The first-order chi connectivity index (χ1) is 16.0. The molecule has 5 rings (SSSR count). The summed E-state index contributed by atoms with van der Waals surface area (Å²) in [5.41, 5.74) is 0.818. The molecule has 3 aliphatic rings. The Morgan fingerprint density at radius 1 is 1.03 bits per heavy atom. The second-order valence-corrected chi connectivity index (χ2v) is 9.65. The number of aromatic nitrogens is 2. The third-order valence-corrected chi connectivity index (χ3v) is 7.40. The highest BCUT2D eigenvalue weighted by molar-refractivity contribution is 6.30. The van der Waals surface area contributed by atoms with Crippen molar-refractivity contribution in [3.8, 4) is 11.4 Å². The van der Waals surface area contributed by atoms with Gasteiger partial charge in [0.05, 0.1) is 17.8 Å². The van der Waals surface area contributed by atoms with E-state index >= 15 is 0 Å². The zero-order valence-corrected chi connectivity index (χ0v) is 19.2. The van der Waals surface area contributed by atoms with Crippen molar-refractivity contribution in [3.63, 3.8) is 0 Å². The lowest BCUT2D eigenvalue weighted by atomic mass is 9.81. The summed E-state index contributed by atoms with van der Waals surface area (Å²) in [7, 11) is 0. The average molecular weight is 471 g/mol. The fourth-order valence-corrected chi connectivity index (χ4v) is 5.47. The van der Waals surface area contributed by atoms with Gasteiger partial charge in [0.25, 0.3) is 0 Å². The minimum absolute atomic E-state index is 0.0332. The maximum Gasteiger partial charge on any atom is 0.233 e. The largest absolute Gasteiger partial charge is 0.342 e. The van der Waals surface area contributed by atoms with Gasteiger partial charge in [0, 0.05) is 36.6 Å². The van der Waals surface area contributed by atoms with Crippen LogP contribution >= 0.6 is 11.6 Å². The normalized spacial score (nSPS) is 25.4. The summed E-state index contributed by atoms with van der Waals surface area (Å²) in [6.45, 7) is 1.32. The number of hydrogen-bond acceptors (Lipinski definition) is 6. The Labute approximate surface area is 197 Å². The number of nitrogens with zero attached hydrogens (tertiary/aromatic N) is 4.